The molecule has 2 aliphatic heterocycles. The standard InChI is InChI=1S/C17H22BF2NO3/c1-16(2)17(3,4)24-18(23-16)13-7-5-11(6-8-13)15(22)21-9-12(10-21)14(19)20/h5-8,12,14H,9-10H2,1-4H3. The minimum atomic E-state index is -2.36. The molecule has 0 saturated carbocycles. The van der Waals surface area contributed by atoms with Crippen molar-refractivity contribution in [2.24, 2.45) is 5.92 Å². The molecule has 1 amide bonds. The average molecular weight is 337 g/mol. The van der Waals surface area contributed by atoms with E-state index in [1.807, 2.05) is 27.7 Å². The molecule has 0 unspecified atom stereocenters. The van der Waals surface area contributed by atoms with E-state index in [9.17, 15) is 13.6 Å². The summed E-state index contributed by atoms with van der Waals surface area (Å²) in [5.41, 5.74) is 0.476. The second kappa shape index (κ2) is 5.81. The minimum absolute atomic E-state index is 0.121. The molecular formula is C17H22BF2NO3. The van der Waals surface area contributed by atoms with Crippen LogP contribution in [0.25, 0.3) is 0 Å². The first-order chi connectivity index (χ1) is 11.1. The van der Waals surface area contributed by atoms with Crippen molar-refractivity contribution in [2.45, 2.75) is 45.3 Å². The average Bonchev–Trinajstić information content (AvgIpc) is 2.65. The van der Waals surface area contributed by atoms with Crippen LogP contribution in [-0.2, 0) is 9.31 Å². The highest BCUT2D eigenvalue weighted by Gasteiger charge is 2.51. The number of halogens is 2. The summed E-state index contributed by atoms with van der Waals surface area (Å²) in [4.78, 5) is 13.7. The van der Waals surface area contributed by atoms with Crippen molar-refractivity contribution in [3.05, 3.63) is 29.8 Å². The molecule has 1 aromatic rings. The van der Waals surface area contributed by atoms with Gasteiger partial charge < -0.3 is 14.2 Å². The molecule has 2 fully saturated rings. The third-order valence-electron chi connectivity index (χ3n) is 5.24. The summed E-state index contributed by atoms with van der Waals surface area (Å²) in [6.45, 7) is 8.16. The Labute approximate surface area is 141 Å². The lowest BCUT2D eigenvalue weighted by molar-refractivity contribution is -0.0152. The molecule has 2 heterocycles. The first-order valence-electron chi connectivity index (χ1n) is 8.14. The van der Waals surface area contributed by atoms with Crippen molar-refractivity contribution < 1.29 is 22.9 Å². The van der Waals surface area contributed by atoms with E-state index in [1.165, 1.54) is 4.90 Å². The lowest BCUT2D eigenvalue weighted by Crippen LogP contribution is -2.52. The Morgan fingerprint density at radius 3 is 2.08 bits per heavy atom. The van der Waals surface area contributed by atoms with Gasteiger partial charge in [-0.2, -0.15) is 0 Å². The zero-order valence-electron chi connectivity index (χ0n) is 14.4. The molecule has 4 nitrogen and oxygen atoms in total. The van der Waals surface area contributed by atoms with E-state index in [-0.39, 0.29) is 19.0 Å². The lowest BCUT2D eigenvalue weighted by Gasteiger charge is -2.38. The van der Waals surface area contributed by atoms with Crippen molar-refractivity contribution in [3.8, 4) is 0 Å². The fraction of sp³-hybridized carbons (Fsp3) is 0.588. The predicted molar refractivity (Wildman–Crippen MR) is 87.6 cm³/mol. The topological polar surface area (TPSA) is 38.8 Å². The van der Waals surface area contributed by atoms with Crippen molar-refractivity contribution >= 4 is 18.5 Å². The first-order valence-corrected chi connectivity index (χ1v) is 8.14. The van der Waals surface area contributed by atoms with Gasteiger partial charge in [0.25, 0.3) is 5.91 Å². The summed E-state index contributed by atoms with van der Waals surface area (Å²) in [6.07, 6.45) is -2.36. The number of hydrogen-bond acceptors (Lipinski definition) is 3. The second-order valence-corrected chi connectivity index (χ2v) is 7.51. The maximum absolute atomic E-state index is 12.5. The van der Waals surface area contributed by atoms with Crippen LogP contribution in [0.2, 0.25) is 0 Å². The van der Waals surface area contributed by atoms with E-state index >= 15 is 0 Å². The number of alkyl halides is 2. The van der Waals surface area contributed by atoms with E-state index < -0.39 is 30.7 Å². The van der Waals surface area contributed by atoms with Gasteiger partial charge >= 0.3 is 7.12 Å². The summed E-state index contributed by atoms with van der Waals surface area (Å²) in [5, 5.41) is 0. The summed E-state index contributed by atoms with van der Waals surface area (Å²) >= 11 is 0. The number of hydrogen-bond donors (Lipinski definition) is 0. The van der Waals surface area contributed by atoms with E-state index in [0.29, 0.717) is 5.56 Å². The van der Waals surface area contributed by atoms with E-state index in [0.717, 1.165) is 5.46 Å². The zero-order chi connectivity index (χ0) is 17.7. The molecule has 0 bridgehead atoms. The number of carbonyl (C=O) groups excluding carboxylic acids is 1. The predicted octanol–water partition coefficient (Wildman–Crippen LogP) is 2.32. The SMILES string of the molecule is CC1(C)OB(c2ccc(C(=O)N3CC(C(F)F)C3)cc2)OC1(C)C. The monoisotopic (exact) mass is 337 g/mol. The molecule has 0 aliphatic carbocycles. The number of nitrogens with zero attached hydrogens (tertiary/aromatic N) is 1. The van der Waals surface area contributed by atoms with Gasteiger partial charge in [0, 0.05) is 18.7 Å². The first kappa shape index (κ1) is 17.4. The van der Waals surface area contributed by atoms with Crippen LogP contribution in [0.15, 0.2) is 24.3 Å². The Kier molecular flexibility index (Phi) is 4.20. The summed E-state index contributed by atoms with van der Waals surface area (Å²) in [5.74, 6) is -0.912. The Morgan fingerprint density at radius 2 is 1.62 bits per heavy atom. The Bertz CT molecular complexity index is 611. The highest BCUT2D eigenvalue weighted by atomic mass is 19.3. The number of carbonyl (C=O) groups is 1. The Morgan fingerprint density at radius 1 is 1.12 bits per heavy atom. The van der Waals surface area contributed by atoms with Gasteiger partial charge in [0.2, 0.25) is 6.43 Å². The van der Waals surface area contributed by atoms with Gasteiger partial charge in [-0.3, -0.25) is 4.79 Å². The fourth-order valence-electron chi connectivity index (χ4n) is 2.78. The summed E-state index contributed by atoms with van der Waals surface area (Å²) in [6, 6.07) is 6.97. The largest absolute Gasteiger partial charge is 0.494 e. The molecule has 2 saturated heterocycles. The maximum Gasteiger partial charge on any atom is 0.494 e. The van der Waals surface area contributed by atoms with Gasteiger partial charge in [-0.25, -0.2) is 8.78 Å². The summed E-state index contributed by atoms with van der Waals surface area (Å²) in [7, 11) is -0.480. The number of amides is 1. The van der Waals surface area contributed by atoms with E-state index in [1.54, 1.807) is 24.3 Å². The van der Waals surface area contributed by atoms with Crippen LogP contribution in [0.5, 0.6) is 0 Å². The van der Waals surface area contributed by atoms with Crippen LogP contribution >= 0.6 is 0 Å². The molecule has 0 aromatic heterocycles. The minimum Gasteiger partial charge on any atom is -0.399 e. The third kappa shape index (κ3) is 2.95. The smallest absolute Gasteiger partial charge is 0.399 e. The quantitative estimate of drug-likeness (QED) is 0.795. The van der Waals surface area contributed by atoms with Crippen molar-refractivity contribution in [1.29, 1.82) is 0 Å². The van der Waals surface area contributed by atoms with Crippen LogP contribution in [0.4, 0.5) is 8.78 Å². The van der Waals surface area contributed by atoms with Crippen molar-refractivity contribution in [2.75, 3.05) is 13.1 Å². The van der Waals surface area contributed by atoms with Gasteiger partial charge in [0.05, 0.1) is 17.1 Å². The molecule has 0 radical (unpaired) electrons. The number of likely N-dealkylation sites (tertiary alicyclic amines) is 1. The fourth-order valence-corrected chi connectivity index (χ4v) is 2.78. The molecule has 3 rings (SSSR count). The Hall–Kier alpha value is -1.47. The van der Waals surface area contributed by atoms with Gasteiger partial charge in [-0.05, 0) is 45.3 Å². The number of rotatable bonds is 3. The molecule has 2 aliphatic rings. The molecule has 130 valence electrons. The van der Waals surface area contributed by atoms with Crippen LogP contribution in [0, 0.1) is 5.92 Å². The summed E-state index contributed by atoms with van der Waals surface area (Å²) < 4.78 is 36.9. The molecule has 7 heteroatoms. The van der Waals surface area contributed by atoms with E-state index in [2.05, 4.69) is 0 Å². The zero-order valence-corrected chi connectivity index (χ0v) is 14.4. The van der Waals surface area contributed by atoms with Crippen LogP contribution < -0.4 is 5.46 Å². The third-order valence-corrected chi connectivity index (χ3v) is 5.24. The van der Waals surface area contributed by atoms with Crippen molar-refractivity contribution in [3.63, 3.8) is 0 Å². The normalized spacial score (nSPS) is 22.8. The van der Waals surface area contributed by atoms with Crippen LogP contribution in [-0.4, -0.2) is 48.6 Å². The molecule has 1 aromatic carbocycles. The molecule has 0 atom stereocenters. The van der Waals surface area contributed by atoms with Gasteiger partial charge in [-0.15, -0.1) is 0 Å². The lowest BCUT2D eigenvalue weighted by atomic mass is 9.79. The van der Waals surface area contributed by atoms with Gasteiger partial charge in [0.1, 0.15) is 0 Å². The van der Waals surface area contributed by atoms with Crippen LogP contribution in [0.3, 0.4) is 0 Å². The van der Waals surface area contributed by atoms with Gasteiger partial charge in [-0.1, -0.05) is 12.1 Å². The highest BCUT2D eigenvalue weighted by Crippen LogP contribution is 2.36. The Balaban J connectivity index is 1.66. The number of benzene rings is 1. The second-order valence-electron chi connectivity index (χ2n) is 7.51. The molecule has 0 N–H and O–H groups in total. The van der Waals surface area contributed by atoms with E-state index in [4.69, 9.17) is 9.31 Å². The van der Waals surface area contributed by atoms with Crippen LogP contribution in [0.1, 0.15) is 38.1 Å². The molecule has 0 spiro atoms. The maximum atomic E-state index is 12.5. The van der Waals surface area contributed by atoms with Gasteiger partial charge in [0.15, 0.2) is 0 Å². The highest BCUT2D eigenvalue weighted by molar-refractivity contribution is 6.62. The molecular weight excluding hydrogens is 315 g/mol. The van der Waals surface area contributed by atoms with Crippen molar-refractivity contribution in [1.82, 2.24) is 4.90 Å². The molecule has 24 heavy (non-hydrogen) atoms.